The Balaban J connectivity index is 1.31. The fraction of sp³-hybridized carbons (Fsp3) is 0.250. The number of aliphatic hydroxyl groups is 1. The van der Waals surface area contributed by atoms with Gasteiger partial charge in [-0.2, -0.15) is 10.4 Å². The molecule has 2 atom stereocenters. The maximum atomic E-state index is 12.4. The van der Waals surface area contributed by atoms with Gasteiger partial charge in [-0.3, -0.25) is 5.43 Å². The number of nitriles is 1. The summed E-state index contributed by atoms with van der Waals surface area (Å²) < 4.78 is 22.2. The van der Waals surface area contributed by atoms with Crippen LogP contribution in [0.5, 0.6) is 17.2 Å². The van der Waals surface area contributed by atoms with Gasteiger partial charge >= 0.3 is 12.0 Å². The number of carbonyl (C=O) groups excluding carboxylic acids is 2. The maximum Gasteiger partial charge on any atom is 0.337 e. The van der Waals surface area contributed by atoms with Gasteiger partial charge in [-0.15, -0.1) is 0 Å². The minimum atomic E-state index is -1.13. The lowest BCUT2D eigenvalue weighted by Gasteiger charge is -2.28. The molecule has 2 amide bonds. The van der Waals surface area contributed by atoms with Crippen LogP contribution in [0.15, 0.2) is 83.1 Å². The third-order valence-corrected chi connectivity index (χ3v) is 6.48. The van der Waals surface area contributed by atoms with E-state index in [2.05, 4.69) is 27.2 Å². The zero-order valence-electron chi connectivity index (χ0n) is 24.5. The van der Waals surface area contributed by atoms with Crippen LogP contribution in [0.25, 0.3) is 0 Å². The van der Waals surface area contributed by atoms with Gasteiger partial charge in [0.05, 0.1) is 43.2 Å². The second-order valence-electron chi connectivity index (χ2n) is 9.58. The van der Waals surface area contributed by atoms with Crippen molar-refractivity contribution in [1.82, 2.24) is 16.1 Å². The van der Waals surface area contributed by atoms with Gasteiger partial charge in [0.15, 0.2) is 17.7 Å². The van der Waals surface area contributed by atoms with Crippen molar-refractivity contribution in [2.75, 3.05) is 20.3 Å². The van der Waals surface area contributed by atoms with Crippen LogP contribution >= 0.6 is 0 Å². The quantitative estimate of drug-likeness (QED) is 0.0994. The molecule has 0 unspecified atom stereocenters. The molecular formula is C32H33N5O7. The molecule has 4 N–H and O–H groups in total. The molecule has 0 bridgehead atoms. The fourth-order valence-electron chi connectivity index (χ4n) is 4.31. The van der Waals surface area contributed by atoms with Crippen LogP contribution in [0, 0.1) is 11.3 Å². The minimum absolute atomic E-state index is 0.143. The first-order valence-electron chi connectivity index (χ1n) is 13.8. The molecule has 0 saturated carbocycles. The van der Waals surface area contributed by atoms with Crippen molar-refractivity contribution >= 4 is 18.2 Å². The molecule has 0 aromatic heterocycles. The van der Waals surface area contributed by atoms with E-state index in [4.69, 9.17) is 24.2 Å². The van der Waals surface area contributed by atoms with Crippen molar-refractivity contribution < 1.29 is 33.6 Å². The number of amides is 2. The molecule has 3 aromatic rings. The second-order valence-corrected chi connectivity index (χ2v) is 9.58. The average molecular weight is 600 g/mol. The van der Waals surface area contributed by atoms with Gasteiger partial charge in [0.2, 0.25) is 0 Å². The van der Waals surface area contributed by atoms with Crippen LogP contribution in [-0.4, -0.2) is 49.9 Å². The highest BCUT2D eigenvalue weighted by molar-refractivity contribution is 5.95. The summed E-state index contributed by atoms with van der Waals surface area (Å²) >= 11 is 0. The Kier molecular flexibility index (Phi) is 10.8. The minimum Gasteiger partial charge on any atom is -0.490 e. The van der Waals surface area contributed by atoms with Crippen LogP contribution in [0.1, 0.15) is 42.1 Å². The number of hydrazone groups is 1. The number of nitrogens with zero attached hydrogens (tertiary/aromatic N) is 2. The Labute approximate surface area is 254 Å². The van der Waals surface area contributed by atoms with E-state index >= 15 is 0 Å². The van der Waals surface area contributed by atoms with E-state index < -0.39 is 24.3 Å². The van der Waals surface area contributed by atoms with E-state index in [1.807, 2.05) is 43.3 Å². The Morgan fingerprint density at radius 1 is 1.09 bits per heavy atom. The van der Waals surface area contributed by atoms with Crippen LogP contribution in [-0.2, 0) is 16.1 Å². The molecule has 0 spiro atoms. The van der Waals surface area contributed by atoms with Crippen LogP contribution in [0.2, 0.25) is 0 Å². The number of ether oxygens (including phenoxy) is 4. The lowest BCUT2D eigenvalue weighted by molar-refractivity contribution is -0.136. The molecule has 1 aliphatic heterocycles. The van der Waals surface area contributed by atoms with Gasteiger partial charge in [0.25, 0.3) is 0 Å². The third kappa shape index (κ3) is 8.27. The highest BCUT2D eigenvalue weighted by Gasteiger charge is 2.32. The molecule has 0 fully saturated rings. The largest absolute Gasteiger partial charge is 0.490 e. The van der Waals surface area contributed by atoms with E-state index in [0.717, 1.165) is 11.1 Å². The van der Waals surface area contributed by atoms with Crippen molar-refractivity contribution in [3.63, 3.8) is 0 Å². The number of aliphatic hydroxyl groups excluding tert-OH is 1. The molecule has 0 radical (unpaired) electrons. The van der Waals surface area contributed by atoms with Crippen molar-refractivity contribution in [2.45, 2.75) is 32.7 Å². The molecule has 12 nitrogen and oxygen atoms in total. The van der Waals surface area contributed by atoms with E-state index in [-0.39, 0.29) is 12.2 Å². The Bertz CT molecular complexity index is 1560. The number of urea groups is 1. The Hall–Kier alpha value is -5.54. The van der Waals surface area contributed by atoms with Crippen LogP contribution < -0.4 is 30.3 Å². The fourth-order valence-corrected chi connectivity index (χ4v) is 4.31. The van der Waals surface area contributed by atoms with Crippen molar-refractivity contribution in [3.05, 3.63) is 100 Å². The molecule has 0 aliphatic carbocycles. The Morgan fingerprint density at radius 3 is 2.52 bits per heavy atom. The van der Waals surface area contributed by atoms with Crippen LogP contribution in [0.3, 0.4) is 0 Å². The van der Waals surface area contributed by atoms with E-state index in [1.165, 1.54) is 7.11 Å². The lowest BCUT2D eigenvalue weighted by Crippen LogP contribution is -2.45. The molecule has 44 heavy (non-hydrogen) atoms. The molecular weight excluding hydrogens is 566 g/mol. The molecule has 12 heteroatoms. The SMILES string of the molecule is CCOc1cc([C@@H]2NC(=O)NC(C)=C2C(=O)OC)ccc1OC[C@H](O)N/N=C/c1ccc(OCc2ccc(C#N)cc2)cc1. The third-order valence-electron chi connectivity index (χ3n) is 6.48. The first-order chi connectivity index (χ1) is 21.3. The first-order valence-corrected chi connectivity index (χ1v) is 13.8. The Morgan fingerprint density at radius 2 is 1.84 bits per heavy atom. The van der Waals surface area contributed by atoms with Gasteiger partial charge in [-0.1, -0.05) is 18.2 Å². The molecule has 228 valence electrons. The summed E-state index contributed by atoms with van der Waals surface area (Å²) in [7, 11) is 1.27. The standard InChI is InChI=1S/C32H33N5O7/c1-4-42-27-15-24(30-29(31(39)41-3)20(2)35-32(40)36-30)11-14-26(27)44-19-28(38)37-34-17-22-9-12-25(13-10-22)43-18-23-7-5-21(16-33)6-8-23/h5-15,17,28,30,37-38H,4,18-19H2,1-3H3,(H2,35,36,40)/b34-17+/t28-,30-/m0/s1. The van der Waals surface area contributed by atoms with Crippen molar-refractivity contribution in [1.29, 1.82) is 5.26 Å². The summed E-state index contributed by atoms with van der Waals surface area (Å²) in [5.74, 6) is 0.839. The number of benzene rings is 3. The summed E-state index contributed by atoms with van der Waals surface area (Å²) in [5, 5.41) is 28.7. The maximum absolute atomic E-state index is 12.4. The summed E-state index contributed by atoms with van der Waals surface area (Å²) in [6.07, 6.45) is 0.422. The summed E-state index contributed by atoms with van der Waals surface area (Å²) in [5.41, 5.74) is 6.20. The van der Waals surface area contributed by atoms with E-state index in [0.29, 0.717) is 47.3 Å². The number of esters is 1. The highest BCUT2D eigenvalue weighted by Crippen LogP contribution is 2.35. The summed E-state index contributed by atoms with van der Waals surface area (Å²) in [6.45, 7) is 4.00. The molecule has 4 rings (SSSR count). The van der Waals surface area contributed by atoms with Gasteiger partial charge in [0, 0.05) is 5.70 Å². The number of rotatable bonds is 13. The van der Waals surface area contributed by atoms with Gasteiger partial charge in [-0.25, -0.2) is 9.59 Å². The number of methoxy groups -OCH3 is 1. The van der Waals surface area contributed by atoms with Gasteiger partial charge in [-0.05, 0) is 79.1 Å². The molecule has 1 heterocycles. The number of nitrogens with one attached hydrogen (secondary N) is 3. The van der Waals surface area contributed by atoms with Crippen molar-refractivity contribution in [2.24, 2.45) is 5.10 Å². The average Bonchev–Trinajstić information content (AvgIpc) is 3.03. The normalized spacial score (nSPS) is 15.1. The highest BCUT2D eigenvalue weighted by atomic mass is 16.5. The zero-order valence-corrected chi connectivity index (χ0v) is 24.5. The smallest absolute Gasteiger partial charge is 0.337 e. The second kappa shape index (κ2) is 15.1. The molecule has 1 aliphatic rings. The number of carbonyl (C=O) groups is 2. The van der Waals surface area contributed by atoms with Gasteiger partial charge < -0.3 is 34.7 Å². The first kappa shape index (κ1) is 31.4. The van der Waals surface area contributed by atoms with Crippen LogP contribution in [0.4, 0.5) is 4.79 Å². The van der Waals surface area contributed by atoms with E-state index in [1.54, 1.807) is 43.5 Å². The predicted octanol–water partition coefficient (Wildman–Crippen LogP) is 3.66. The number of hydrogen-bond donors (Lipinski definition) is 4. The summed E-state index contributed by atoms with van der Waals surface area (Å²) in [6, 6.07) is 20.4. The van der Waals surface area contributed by atoms with Crippen molar-refractivity contribution in [3.8, 4) is 23.3 Å². The monoisotopic (exact) mass is 599 g/mol. The van der Waals surface area contributed by atoms with E-state index in [9.17, 15) is 14.7 Å². The molecule has 0 saturated heterocycles. The lowest BCUT2D eigenvalue weighted by atomic mass is 9.95. The molecule has 3 aromatic carbocycles. The number of hydrogen-bond acceptors (Lipinski definition) is 10. The van der Waals surface area contributed by atoms with Gasteiger partial charge in [0.1, 0.15) is 19.0 Å². The zero-order chi connectivity index (χ0) is 31.5. The predicted molar refractivity (Wildman–Crippen MR) is 161 cm³/mol. The topological polar surface area (TPSA) is 164 Å². The number of allylic oxidation sites excluding steroid dienone is 1. The summed E-state index contributed by atoms with van der Waals surface area (Å²) in [4.78, 5) is 24.5.